The van der Waals surface area contributed by atoms with Crippen LogP contribution < -0.4 is 10.2 Å². The summed E-state index contributed by atoms with van der Waals surface area (Å²) in [6.45, 7) is 1.74. The van der Waals surface area contributed by atoms with Crippen molar-refractivity contribution in [2.75, 3.05) is 37.0 Å². The van der Waals surface area contributed by atoms with E-state index in [2.05, 4.69) is 15.0 Å². The molecule has 0 aromatic heterocycles. The SMILES string of the molecule is COC(=O)c1ccc(/C=C/C(=O)OCC(=O)Nc2ccc(N3CCCC3)cc2)cc1. The Kier molecular flexibility index (Phi) is 7.21. The van der Waals surface area contributed by atoms with Crippen LogP contribution in [0.3, 0.4) is 0 Å². The average Bonchev–Trinajstić information content (AvgIpc) is 3.31. The molecule has 1 amide bonds. The molecule has 1 heterocycles. The molecule has 2 aromatic rings. The lowest BCUT2D eigenvalue weighted by molar-refractivity contribution is -0.142. The van der Waals surface area contributed by atoms with E-state index < -0.39 is 17.8 Å². The zero-order chi connectivity index (χ0) is 21.3. The van der Waals surface area contributed by atoms with Crippen molar-refractivity contribution in [1.82, 2.24) is 0 Å². The molecular weight excluding hydrogens is 384 g/mol. The molecule has 156 valence electrons. The largest absolute Gasteiger partial charge is 0.465 e. The van der Waals surface area contributed by atoms with Crippen LogP contribution in [0, 0.1) is 0 Å². The van der Waals surface area contributed by atoms with Gasteiger partial charge in [-0.05, 0) is 60.9 Å². The van der Waals surface area contributed by atoms with E-state index in [1.165, 1.54) is 26.0 Å². The molecule has 0 bridgehead atoms. The smallest absolute Gasteiger partial charge is 0.337 e. The van der Waals surface area contributed by atoms with E-state index >= 15 is 0 Å². The summed E-state index contributed by atoms with van der Waals surface area (Å²) in [4.78, 5) is 37.5. The minimum atomic E-state index is -0.633. The van der Waals surface area contributed by atoms with Gasteiger partial charge in [0.25, 0.3) is 5.91 Å². The minimum absolute atomic E-state index is 0.377. The average molecular weight is 408 g/mol. The van der Waals surface area contributed by atoms with Crippen LogP contribution in [0.2, 0.25) is 0 Å². The molecule has 2 aromatic carbocycles. The van der Waals surface area contributed by atoms with Crippen LogP contribution in [-0.4, -0.2) is 44.7 Å². The highest BCUT2D eigenvalue weighted by atomic mass is 16.5. The lowest BCUT2D eigenvalue weighted by atomic mass is 10.1. The number of carbonyl (C=O) groups is 3. The molecule has 0 saturated carbocycles. The van der Waals surface area contributed by atoms with Crippen molar-refractivity contribution in [3.8, 4) is 0 Å². The normalized spacial score (nSPS) is 13.3. The van der Waals surface area contributed by atoms with Gasteiger partial charge in [-0.2, -0.15) is 0 Å². The summed E-state index contributed by atoms with van der Waals surface area (Å²) < 4.78 is 9.59. The second kappa shape index (κ2) is 10.2. The van der Waals surface area contributed by atoms with Crippen LogP contribution in [-0.2, 0) is 19.1 Å². The van der Waals surface area contributed by atoms with Crippen molar-refractivity contribution in [3.63, 3.8) is 0 Å². The van der Waals surface area contributed by atoms with Crippen molar-refractivity contribution < 1.29 is 23.9 Å². The summed E-state index contributed by atoms with van der Waals surface area (Å²) in [5.74, 6) is -1.47. The van der Waals surface area contributed by atoms with Crippen molar-refractivity contribution in [1.29, 1.82) is 0 Å². The molecule has 7 heteroatoms. The molecule has 7 nitrogen and oxygen atoms in total. The summed E-state index contributed by atoms with van der Waals surface area (Å²) in [6, 6.07) is 14.2. The van der Waals surface area contributed by atoms with Crippen LogP contribution in [0.4, 0.5) is 11.4 Å². The van der Waals surface area contributed by atoms with E-state index in [9.17, 15) is 14.4 Å². The van der Waals surface area contributed by atoms with Gasteiger partial charge in [0.15, 0.2) is 6.61 Å². The third-order valence-corrected chi connectivity index (χ3v) is 4.71. The van der Waals surface area contributed by atoms with Crippen molar-refractivity contribution in [2.45, 2.75) is 12.8 Å². The Hall–Kier alpha value is -3.61. The highest BCUT2D eigenvalue weighted by molar-refractivity contribution is 5.95. The fourth-order valence-corrected chi connectivity index (χ4v) is 3.13. The third-order valence-electron chi connectivity index (χ3n) is 4.71. The highest BCUT2D eigenvalue weighted by Crippen LogP contribution is 2.22. The van der Waals surface area contributed by atoms with Gasteiger partial charge in [0.05, 0.1) is 12.7 Å². The Labute approximate surface area is 175 Å². The topological polar surface area (TPSA) is 84.9 Å². The molecule has 0 atom stereocenters. The van der Waals surface area contributed by atoms with E-state index in [4.69, 9.17) is 4.74 Å². The predicted octanol–water partition coefficient (Wildman–Crippen LogP) is 3.27. The Balaban J connectivity index is 1.43. The third kappa shape index (κ3) is 5.94. The van der Waals surface area contributed by atoms with Gasteiger partial charge in [0, 0.05) is 30.5 Å². The molecule has 1 N–H and O–H groups in total. The standard InChI is InChI=1S/C23H24N2O5/c1-29-23(28)18-7-4-17(5-8-18)6-13-22(27)30-16-21(26)24-19-9-11-20(12-10-19)25-14-2-3-15-25/h4-13H,2-3,14-16H2,1H3,(H,24,26)/b13-6+. The van der Waals surface area contributed by atoms with Crippen LogP contribution in [0.25, 0.3) is 6.08 Å². The van der Waals surface area contributed by atoms with Crippen LogP contribution >= 0.6 is 0 Å². The summed E-state index contributed by atoms with van der Waals surface area (Å²) in [7, 11) is 1.31. The first-order chi connectivity index (χ1) is 14.5. The summed E-state index contributed by atoms with van der Waals surface area (Å²) in [6.07, 6.45) is 5.18. The highest BCUT2D eigenvalue weighted by Gasteiger charge is 2.12. The predicted molar refractivity (Wildman–Crippen MR) is 114 cm³/mol. The monoisotopic (exact) mass is 408 g/mol. The van der Waals surface area contributed by atoms with Gasteiger partial charge >= 0.3 is 11.9 Å². The number of anilines is 2. The summed E-state index contributed by atoms with van der Waals surface area (Å²) in [5, 5.41) is 2.71. The van der Waals surface area contributed by atoms with Gasteiger partial charge in [-0.15, -0.1) is 0 Å². The second-order valence-corrected chi connectivity index (χ2v) is 6.84. The molecule has 1 aliphatic heterocycles. The molecule has 1 fully saturated rings. The molecular formula is C23H24N2O5. The van der Waals surface area contributed by atoms with Crippen LogP contribution in [0.5, 0.6) is 0 Å². The summed E-state index contributed by atoms with van der Waals surface area (Å²) >= 11 is 0. The first kappa shape index (κ1) is 21.1. The molecule has 1 aliphatic rings. The number of hydrogen-bond acceptors (Lipinski definition) is 6. The van der Waals surface area contributed by atoms with Gasteiger partial charge in [0.1, 0.15) is 0 Å². The van der Waals surface area contributed by atoms with E-state index in [1.807, 2.05) is 24.3 Å². The lowest BCUT2D eigenvalue weighted by Crippen LogP contribution is -2.20. The Morgan fingerprint density at radius 2 is 1.67 bits per heavy atom. The van der Waals surface area contributed by atoms with Crippen molar-refractivity contribution in [2.24, 2.45) is 0 Å². The summed E-state index contributed by atoms with van der Waals surface area (Å²) in [5.41, 5.74) is 2.92. The van der Waals surface area contributed by atoms with E-state index in [0.29, 0.717) is 16.8 Å². The van der Waals surface area contributed by atoms with Gasteiger partial charge in [-0.25, -0.2) is 9.59 Å². The molecule has 0 radical (unpaired) electrons. The van der Waals surface area contributed by atoms with Gasteiger partial charge < -0.3 is 19.7 Å². The second-order valence-electron chi connectivity index (χ2n) is 6.84. The first-order valence-electron chi connectivity index (χ1n) is 9.73. The number of nitrogens with one attached hydrogen (secondary N) is 1. The Bertz CT molecular complexity index is 914. The Morgan fingerprint density at radius 3 is 2.30 bits per heavy atom. The van der Waals surface area contributed by atoms with Crippen LogP contribution in [0.15, 0.2) is 54.6 Å². The molecule has 0 spiro atoms. The van der Waals surface area contributed by atoms with E-state index in [0.717, 1.165) is 18.8 Å². The molecule has 0 aliphatic carbocycles. The number of amides is 1. The van der Waals surface area contributed by atoms with Crippen molar-refractivity contribution >= 4 is 35.3 Å². The maximum atomic E-state index is 12.0. The van der Waals surface area contributed by atoms with Gasteiger partial charge in [0.2, 0.25) is 0 Å². The van der Waals surface area contributed by atoms with Crippen molar-refractivity contribution in [3.05, 3.63) is 65.7 Å². The number of benzene rings is 2. The molecule has 30 heavy (non-hydrogen) atoms. The maximum Gasteiger partial charge on any atom is 0.337 e. The number of esters is 2. The van der Waals surface area contributed by atoms with Gasteiger partial charge in [-0.3, -0.25) is 4.79 Å². The number of nitrogens with zero attached hydrogens (tertiary/aromatic N) is 1. The number of hydrogen-bond donors (Lipinski definition) is 1. The maximum absolute atomic E-state index is 12.0. The zero-order valence-electron chi connectivity index (χ0n) is 16.8. The van der Waals surface area contributed by atoms with Gasteiger partial charge in [-0.1, -0.05) is 12.1 Å². The Morgan fingerprint density at radius 1 is 1.00 bits per heavy atom. The quantitative estimate of drug-likeness (QED) is 0.559. The number of ether oxygens (including phenoxy) is 2. The minimum Gasteiger partial charge on any atom is -0.465 e. The molecule has 1 saturated heterocycles. The van der Waals surface area contributed by atoms with Crippen LogP contribution in [0.1, 0.15) is 28.8 Å². The molecule has 3 rings (SSSR count). The lowest BCUT2D eigenvalue weighted by Gasteiger charge is -2.17. The number of rotatable bonds is 7. The fraction of sp³-hybridized carbons (Fsp3) is 0.261. The first-order valence-corrected chi connectivity index (χ1v) is 9.73. The molecule has 0 unspecified atom stereocenters. The number of methoxy groups -OCH3 is 1. The fourth-order valence-electron chi connectivity index (χ4n) is 3.13. The zero-order valence-corrected chi connectivity index (χ0v) is 16.8. The number of carbonyl (C=O) groups excluding carboxylic acids is 3. The van der Waals surface area contributed by atoms with E-state index in [1.54, 1.807) is 30.3 Å². The van der Waals surface area contributed by atoms with E-state index in [-0.39, 0.29) is 6.61 Å².